The van der Waals surface area contributed by atoms with Crippen molar-refractivity contribution in [1.29, 1.82) is 0 Å². The molecule has 1 unspecified atom stereocenters. The van der Waals surface area contributed by atoms with Crippen molar-refractivity contribution in [2.75, 3.05) is 32.3 Å². The Morgan fingerprint density at radius 3 is 2.32 bits per heavy atom. The van der Waals surface area contributed by atoms with Crippen LogP contribution in [0.3, 0.4) is 0 Å². The summed E-state index contributed by atoms with van der Waals surface area (Å²) in [7, 11) is 2.87. The van der Waals surface area contributed by atoms with Crippen LogP contribution < -0.4 is 23.8 Å². The Morgan fingerprint density at radius 1 is 0.971 bits per heavy atom. The molecule has 1 amide bonds. The molecule has 5 rings (SSSR count). The van der Waals surface area contributed by atoms with Gasteiger partial charge in [0.2, 0.25) is 0 Å². The Balaban J connectivity index is 1.72. The van der Waals surface area contributed by atoms with Crippen LogP contribution in [0.5, 0.6) is 23.0 Å². The van der Waals surface area contributed by atoms with E-state index >= 15 is 0 Å². The van der Waals surface area contributed by atoms with E-state index in [1.54, 1.807) is 48.5 Å². The third-order valence-electron chi connectivity index (χ3n) is 5.73. The molecule has 9 heteroatoms. The van der Waals surface area contributed by atoms with Crippen molar-refractivity contribution in [2.45, 2.75) is 6.04 Å². The largest absolute Gasteiger partial charge is 0.506 e. The third kappa shape index (κ3) is 3.33. The van der Waals surface area contributed by atoms with Gasteiger partial charge in [0.25, 0.3) is 11.7 Å². The van der Waals surface area contributed by atoms with Crippen molar-refractivity contribution < 1.29 is 38.1 Å². The average Bonchev–Trinajstić information content (AvgIpc) is 3.49. The second-order valence-electron chi connectivity index (χ2n) is 7.55. The molecule has 0 saturated carbocycles. The summed E-state index contributed by atoms with van der Waals surface area (Å²) in [5.41, 5.74) is 0.390. The summed E-state index contributed by atoms with van der Waals surface area (Å²) in [5, 5.41) is 11.4. The Hall–Kier alpha value is -4.40. The number of ketones is 1. The summed E-state index contributed by atoms with van der Waals surface area (Å²) in [5.74, 6) is -0.287. The predicted molar refractivity (Wildman–Crippen MR) is 120 cm³/mol. The first kappa shape index (κ1) is 21.4. The highest BCUT2D eigenvalue weighted by molar-refractivity contribution is 6.51. The Kier molecular flexibility index (Phi) is 5.37. The summed E-state index contributed by atoms with van der Waals surface area (Å²) >= 11 is 0. The zero-order valence-corrected chi connectivity index (χ0v) is 18.4. The fraction of sp³-hybridized carbons (Fsp3) is 0.200. The van der Waals surface area contributed by atoms with Crippen LogP contribution in [-0.2, 0) is 9.59 Å². The predicted octanol–water partition coefficient (Wildman–Crippen LogP) is 3.69. The monoisotopic (exact) mass is 463 g/mol. The van der Waals surface area contributed by atoms with Crippen LogP contribution in [0, 0.1) is 0 Å². The highest BCUT2D eigenvalue weighted by atomic mass is 16.6. The molecule has 0 aliphatic carbocycles. The molecule has 0 bridgehead atoms. The Bertz CT molecular complexity index is 1270. The van der Waals surface area contributed by atoms with Crippen molar-refractivity contribution in [3.8, 4) is 23.0 Å². The number of hydrogen-bond acceptors (Lipinski definition) is 8. The molecule has 3 heterocycles. The van der Waals surface area contributed by atoms with Crippen LogP contribution in [0.1, 0.15) is 17.4 Å². The van der Waals surface area contributed by atoms with E-state index in [1.165, 1.54) is 25.4 Å². The number of nitrogens with zero attached hydrogens (tertiary/aromatic N) is 1. The van der Waals surface area contributed by atoms with Gasteiger partial charge in [-0.05, 0) is 36.4 Å². The van der Waals surface area contributed by atoms with E-state index in [-0.39, 0.29) is 22.6 Å². The van der Waals surface area contributed by atoms with Crippen molar-refractivity contribution in [1.82, 2.24) is 0 Å². The number of aliphatic hydroxyl groups excluding tert-OH is 1. The summed E-state index contributed by atoms with van der Waals surface area (Å²) in [4.78, 5) is 27.9. The number of rotatable bonds is 5. The maximum atomic E-state index is 13.3. The van der Waals surface area contributed by atoms with Crippen LogP contribution in [0.25, 0.3) is 5.76 Å². The molecule has 9 nitrogen and oxygen atoms in total. The van der Waals surface area contributed by atoms with Crippen molar-refractivity contribution in [2.24, 2.45) is 0 Å². The molecule has 1 aromatic heterocycles. The fourth-order valence-corrected chi connectivity index (χ4v) is 4.22. The lowest BCUT2D eigenvalue weighted by atomic mass is 9.98. The molecule has 2 aliphatic heterocycles. The highest BCUT2D eigenvalue weighted by Crippen LogP contribution is 2.46. The summed E-state index contributed by atoms with van der Waals surface area (Å²) in [6, 6.07) is 12.1. The van der Waals surface area contributed by atoms with Gasteiger partial charge in [0.1, 0.15) is 47.8 Å². The number of amides is 1. The first-order valence-electron chi connectivity index (χ1n) is 10.5. The number of carbonyl (C=O) groups excluding carboxylic acids is 2. The number of Topliss-reactive ketones (excluding diaryl/α,β-unsaturated/α-hetero) is 1. The molecular formula is C25H21NO8. The average molecular weight is 463 g/mol. The van der Waals surface area contributed by atoms with Gasteiger partial charge in [-0.3, -0.25) is 14.5 Å². The molecular weight excluding hydrogens is 442 g/mol. The van der Waals surface area contributed by atoms with Gasteiger partial charge in [0, 0.05) is 11.8 Å². The van der Waals surface area contributed by atoms with Crippen LogP contribution in [-0.4, -0.2) is 44.2 Å². The number of anilines is 1. The fourth-order valence-electron chi connectivity index (χ4n) is 4.22. The SMILES string of the molecule is COc1cccc(OC)c1/C(O)=C1\C(=O)C(=O)N(c2ccc3c(c2)OCCO3)C1c1ccco1. The molecule has 1 atom stereocenters. The molecule has 0 spiro atoms. The highest BCUT2D eigenvalue weighted by Gasteiger charge is 2.49. The topological polar surface area (TPSA) is 108 Å². The number of methoxy groups -OCH3 is 2. The molecule has 174 valence electrons. The first-order valence-corrected chi connectivity index (χ1v) is 10.5. The van der Waals surface area contributed by atoms with Crippen LogP contribution in [0.15, 0.2) is 64.8 Å². The maximum absolute atomic E-state index is 13.3. The Labute approximate surface area is 194 Å². The van der Waals surface area contributed by atoms with Gasteiger partial charge >= 0.3 is 0 Å². The lowest BCUT2D eigenvalue weighted by molar-refractivity contribution is -0.132. The zero-order valence-electron chi connectivity index (χ0n) is 18.4. The maximum Gasteiger partial charge on any atom is 0.300 e. The van der Waals surface area contributed by atoms with Gasteiger partial charge in [0.05, 0.1) is 26.1 Å². The number of aliphatic hydroxyl groups is 1. The van der Waals surface area contributed by atoms with Gasteiger partial charge in [-0.2, -0.15) is 0 Å². The molecule has 34 heavy (non-hydrogen) atoms. The second-order valence-corrected chi connectivity index (χ2v) is 7.55. The lowest BCUT2D eigenvalue weighted by Gasteiger charge is -2.25. The summed E-state index contributed by atoms with van der Waals surface area (Å²) in [6.07, 6.45) is 1.43. The van der Waals surface area contributed by atoms with Crippen LogP contribution >= 0.6 is 0 Å². The molecule has 1 fully saturated rings. The number of hydrogen-bond donors (Lipinski definition) is 1. The van der Waals surface area contributed by atoms with Crippen molar-refractivity contribution in [3.63, 3.8) is 0 Å². The lowest BCUT2D eigenvalue weighted by Crippen LogP contribution is -2.29. The minimum atomic E-state index is -1.04. The zero-order chi connectivity index (χ0) is 23.8. The van der Waals surface area contributed by atoms with E-state index < -0.39 is 23.5 Å². The number of carbonyl (C=O) groups is 2. The molecule has 0 radical (unpaired) electrons. The van der Waals surface area contributed by atoms with Crippen LogP contribution in [0.2, 0.25) is 0 Å². The van der Waals surface area contributed by atoms with Gasteiger partial charge in [-0.1, -0.05) is 6.07 Å². The van der Waals surface area contributed by atoms with E-state index in [1.807, 2.05) is 0 Å². The van der Waals surface area contributed by atoms with Crippen molar-refractivity contribution in [3.05, 3.63) is 71.7 Å². The number of fused-ring (bicyclic) bond motifs is 1. The molecule has 2 aromatic carbocycles. The third-order valence-corrected chi connectivity index (χ3v) is 5.73. The van der Waals surface area contributed by atoms with Crippen molar-refractivity contribution >= 4 is 23.1 Å². The molecule has 1 N–H and O–H groups in total. The van der Waals surface area contributed by atoms with E-state index in [0.717, 1.165) is 0 Å². The number of ether oxygens (including phenoxy) is 4. The Morgan fingerprint density at radius 2 is 1.68 bits per heavy atom. The van der Waals surface area contributed by atoms with E-state index in [4.69, 9.17) is 23.4 Å². The molecule has 1 saturated heterocycles. The number of furan rings is 1. The quantitative estimate of drug-likeness (QED) is 0.347. The van der Waals surface area contributed by atoms with E-state index in [9.17, 15) is 14.7 Å². The number of benzene rings is 2. The van der Waals surface area contributed by atoms with Gasteiger partial charge in [-0.15, -0.1) is 0 Å². The van der Waals surface area contributed by atoms with Gasteiger partial charge < -0.3 is 28.5 Å². The first-order chi connectivity index (χ1) is 16.5. The minimum Gasteiger partial charge on any atom is -0.506 e. The van der Waals surface area contributed by atoms with Gasteiger partial charge in [0.15, 0.2) is 11.5 Å². The minimum absolute atomic E-state index is 0.155. The standard InChI is InChI=1S/C25H21NO8/c1-30-16-5-3-6-17(31-2)20(16)23(27)21-22(18-7-4-10-32-18)26(25(29)24(21)28)14-8-9-15-19(13-14)34-12-11-33-15/h3-10,13,22,27H,11-12H2,1-2H3/b23-21+. The normalized spacial score (nSPS) is 18.8. The van der Waals surface area contributed by atoms with E-state index in [0.29, 0.717) is 36.2 Å². The molecule has 3 aromatic rings. The molecule has 2 aliphatic rings. The second kappa shape index (κ2) is 8.51. The summed E-state index contributed by atoms with van der Waals surface area (Å²) < 4.78 is 27.6. The smallest absolute Gasteiger partial charge is 0.300 e. The summed E-state index contributed by atoms with van der Waals surface area (Å²) in [6.45, 7) is 0.786. The van der Waals surface area contributed by atoms with E-state index in [2.05, 4.69) is 0 Å². The van der Waals surface area contributed by atoms with Gasteiger partial charge in [-0.25, -0.2) is 0 Å². The van der Waals surface area contributed by atoms with Crippen LogP contribution in [0.4, 0.5) is 5.69 Å².